The third-order valence-electron chi connectivity index (χ3n) is 3.31. The maximum atomic E-state index is 12.8. The highest BCUT2D eigenvalue weighted by Gasteiger charge is 2.27. The van der Waals surface area contributed by atoms with Crippen LogP contribution in [0.2, 0.25) is 0 Å². The molecular weight excluding hydrogens is 191 g/mol. The number of carbonyl (C=O) groups is 1. The van der Waals surface area contributed by atoms with Gasteiger partial charge < -0.3 is 0 Å². The molecule has 0 saturated heterocycles. The Morgan fingerprint density at radius 1 is 1.27 bits per heavy atom. The molecule has 0 radical (unpaired) electrons. The number of halogens is 1. The van der Waals surface area contributed by atoms with Crippen molar-refractivity contribution in [1.82, 2.24) is 0 Å². The molecule has 2 unspecified atom stereocenters. The summed E-state index contributed by atoms with van der Waals surface area (Å²) in [5.41, 5.74) is 1.09. The molecule has 2 rings (SSSR count). The number of hydrogen-bond acceptors (Lipinski definition) is 1. The minimum atomic E-state index is -0.214. The number of Topliss-reactive ketones (excluding diaryl/α,β-unsaturated/α-hetero) is 1. The van der Waals surface area contributed by atoms with E-state index in [0.29, 0.717) is 24.5 Å². The van der Waals surface area contributed by atoms with Crippen molar-refractivity contribution >= 4 is 5.78 Å². The van der Waals surface area contributed by atoms with Crippen LogP contribution in [0.5, 0.6) is 0 Å². The SMILES string of the molecule is CC1CCC(=O)CC1c1ccc(F)cc1. The van der Waals surface area contributed by atoms with Crippen LogP contribution in [0.3, 0.4) is 0 Å². The van der Waals surface area contributed by atoms with E-state index in [1.54, 1.807) is 12.1 Å². The molecule has 2 atom stereocenters. The third-order valence-corrected chi connectivity index (χ3v) is 3.31. The number of hydrogen-bond donors (Lipinski definition) is 0. The molecule has 2 heteroatoms. The standard InChI is InChI=1S/C13H15FO/c1-9-2-7-12(15)8-13(9)10-3-5-11(14)6-4-10/h3-6,9,13H,2,7-8H2,1H3. The summed E-state index contributed by atoms with van der Waals surface area (Å²) in [5, 5.41) is 0. The molecule has 15 heavy (non-hydrogen) atoms. The first-order valence-corrected chi connectivity index (χ1v) is 5.44. The van der Waals surface area contributed by atoms with Crippen molar-refractivity contribution in [1.29, 1.82) is 0 Å². The maximum Gasteiger partial charge on any atom is 0.133 e. The van der Waals surface area contributed by atoms with Gasteiger partial charge >= 0.3 is 0 Å². The lowest BCUT2D eigenvalue weighted by atomic mass is 9.76. The van der Waals surface area contributed by atoms with Gasteiger partial charge in [0.05, 0.1) is 0 Å². The van der Waals surface area contributed by atoms with Gasteiger partial charge in [-0.25, -0.2) is 4.39 Å². The van der Waals surface area contributed by atoms with E-state index in [-0.39, 0.29) is 11.7 Å². The number of rotatable bonds is 1. The molecule has 1 aromatic rings. The van der Waals surface area contributed by atoms with Crippen LogP contribution in [0.4, 0.5) is 4.39 Å². The van der Waals surface area contributed by atoms with E-state index in [1.165, 1.54) is 12.1 Å². The Kier molecular flexibility index (Phi) is 2.85. The molecular formula is C13H15FO. The summed E-state index contributed by atoms with van der Waals surface area (Å²) in [5.74, 6) is 0.927. The quantitative estimate of drug-likeness (QED) is 0.689. The molecule has 1 aliphatic carbocycles. The molecule has 1 saturated carbocycles. The first-order valence-electron chi connectivity index (χ1n) is 5.44. The number of carbonyl (C=O) groups excluding carboxylic acids is 1. The normalized spacial score (nSPS) is 26.7. The fraction of sp³-hybridized carbons (Fsp3) is 0.462. The Morgan fingerprint density at radius 3 is 2.60 bits per heavy atom. The highest BCUT2D eigenvalue weighted by molar-refractivity contribution is 5.80. The molecule has 0 N–H and O–H groups in total. The van der Waals surface area contributed by atoms with Gasteiger partial charge in [0.15, 0.2) is 0 Å². The summed E-state index contributed by atoms with van der Waals surface area (Å²) in [7, 11) is 0. The van der Waals surface area contributed by atoms with E-state index in [4.69, 9.17) is 0 Å². The second-order valence-corrected chi connectivity index (χ2v) is 4.42. The number of benzene rings is 1. The van der Waals surface area contributed by atoms with Crippen molar-refractivity contribution in [2.24, 2.45) is 5.92 Å². The second kappa shape index (κ2) is 4.13. The van der Waals surface area contributed by atoms with Gasteiger partial charge in [-0.05, 0) is 36.0 Å². The molecule has 0 spiro atoms. The monoisotopic (exact) mass is 206 g/mol. The molecule has 0 bridgehead atoms. The van der Waals surface area contributed by atoms with Crippen molar-refractivity contribution < 1.29 is 9.18 Å². The lowest BCUT2D eigenvalue weighted by Crippen LogP contribution is -2.21. The highest BCUT2D eigenvalue weighted by atomic mass is 19.1. The van der Waals surface area contributed by atoms with Crippen LogP contribution in [0.1, 0.15) is 37.7 Å². The third kappa shape index (κ3) is 2.25. The molecule has 0 aliphatic heterocycles. The average Bonchev–Trinajstić information content (AvgIpc) is 2.23. The Balaban J connectivity index is 2.21. The highest BCUT2D eigenvalue weighted by Crippen LogP contribution is 2.35. The predicted molar refractivity (Wildman–Crippen MR) is 57.2 cm³/mol. The first kappa shape index (κ1) is 10.3. The van der Waals surface area contributed by atoms with Crippen molar-refractivity contribution in [3.05, 3.63) is 35.6 Å². The van der Waals surface area contributed by atoms with Crippen LogP contribution >= 0.6 is 0 Å². The molecule has 1 aliphatic rings. The van der Waals surface area contributed by atoms with E-state index < -0.39 is 0 Å². The Hall–Kier alpha value is -1.18. The molecule has 0 aromatic heterocycles. The lowest BCUT2D eigenvalue weighted by molar-refractivity contribution is -0.121. The van der Waals surface area contributed by atoms with E-state index >= 15 is 0 Å². The van der Waals surface area contributed by atoms with Crippen LogP contribution in [-0.4, -0.2) is 5.78 Å². The van der Waals surface area contributed by atoms with Crippen LogP contribution in [0.25, 0.3) is 0 Å². The van der Waals surface area contributed by atoms with Crippen LogP contribution in [0, 0.1) is 11.7 Å². The van der Waals surface area contributed by atoms with Gasteiger partial charge in [0.2, 0.25) is 0 Å². The van der Waals surface area contributed by atoms with E-state index in [2.05, 4.69) is 6.92 Å². The van der Waals surface area contributed by atoms with E-state index in [9.17, 15) is 9.18 Å². The van der Waals surface area contributed by atoms with Gasteiger partial charge in [-0.3, -0.25) is 4.79 Å². The second-order valence-electron chi connectivity index (χ2n) is 4.42. The Labute approximate surface area is 89.3 Å². The van der Waals surface area contributed by atoms with Crippen LogP contribution < -0.4 is 0 Å². The van der Waals surface area contributed by atoms with E-state index in [0.717, 1.165) is 12.0 Å². The summed E-state index contributed by atoms with van der Waals surface area (Å²) in [4.78, 5) is 11.4. The topological polar surface area (TPSA) is 17.1 Å². The average molecular weight is 206 g/mol. The Bertz CT molecular complexity index is 355. The molecule has 1 nitrogen and oxygen atoms in total. The van der Waals surface area contributed by atoms with Gasteiger partial charge in [-0.2, -0.15) is 0 Å². The zero-order valence-corrected chi connectivity index (χ0v) is 8.87. The molecule has 0 amide bonds. The van der Waals surface area contributed by atoms with Crippen molar-refractivity contribution in [2.45, 2.75) is 32.1 Å². The zero-order valence-electron chi connectivity index (χ0n) is 8.87. The van der Waals surface area contributed by atoms with Crippen molar-refractivity contribution in [3.8, 4) is 0 Å². The van der Waals surface area contributed by atoms with Crippen LogP contribution in [-0.2, 0) is 4.79 Å². The van der Waals surface area contributed by atoms with Gasteiger partial charge in [-0.1, -0.05) is 19.1 Å². The largest absolute Gasteiger partial charge is 0.300 e. The lowest BCUT2D eigenvalue weighted by Gasteiger charge is -2.28. The summed E-state index contributed by atoms with van der Waals surface area (Å²) >= 11 is 0. The van der Waals surface area contributed by atoms with Gasteiger partial charge in [-0.15, -0.1) is 0 Å². The van der Waals surface area contributed by atoms with Gasteiger partial charge in [0.1, 0.15) is 11.6 Å². The van der Waals surface area contributed by atoms with E-state index in [1.807, 2.05) is 0 Å². The fourth-order valence-electron chi connectivity index (χ4n) is 2.29. The predicted octanol–water partition coefficient (Wildman–Crippen LogP) is 3.30. The van der Waals surface area contributed by atoms with Crippen molar-refractivity contribution in [3.63, 3.8) is 0 Å². The van der Waals surface area contributed by atoms with Gasteiger partial charge in [0, 0.05) is 12.8 Å². The minimum Gasteiger partial charge on any atom is -0.300 e. The van der Waals surface area contributed by atoms with Crippen molar-refractivity contribution in [2.75, 3.05) is 0 Å². The summed E-state index contributed by atoms with van der Waals surface area (Å²) in [6.45, 7) is 2.17. The first-order chi connectivity index (χ1) is 7.16. The molecule has 1 aromatic carbocycles. The summed E-state index contributed by atoms with van der Waals surface area (Å²) in [6, 6.07) is 6.55. The smallest absolute Gasteiger partial charge is 0.133 e. The minimum absolute atomic E-state index is 0.214. The summed E-state index contributed by atoms with van der Waals surface area (Å²) in [6.07, 6.45) is 2.28. The number of ketones is 1. The molecule has 1 fully saturated rings. The zero-order chi connectivity index (χ0) is 10.8. The van der Waals surface area contributed by atoms with Gasteiger partial charge in [0.25, 0.3) is 0 Å². The summed E-state index contributed by atoms with van der Waals surface area (Å²) < 4.78 is 12.8. The molecule has 0 heterocycles. The molecule has 80 valence electrons. The fourth-order valence-corrected chi connectivity index (χ4v) is 2.29. The maximum absolute atomic E-state index is 12.8. The Morgan fingerprint density at radius 2 is 1.93 bits per heavy atom. The van der Waals surface area contributed by atoms with Crippen LogP contribution in [0.15, 0.2) is 24.3 Å².